The maximum atomic E-state index is 12.7. The molecule has 0 radical (unpaired) electrons. The van der Waals surface area contributed by atoms with Crippen molar-refractivity contribution < 1.29 is 4.79 Å². The molecule has 0 aliphatic heterocycles. The van der Waals surface area contributed by atoms with E-state index in [-0.39, 0.29) is 5.91 Å². The maximum Gasteiger partial charge on any atom is 0.264 e. The van der Waals surface area contributed by atoms with Crippen molar-refractivity contribution in [1.29, 1.82) is 0 Å². The third kappa shape index (κ3) is 2.94. The summed E-state index contributed by atoms with van der Waals surface area (Å²) < 4.78 is 1.10. The second-order valence-electron chi connectivity index (χ2n) is 4.81. The Morgan fingerprint density at radius 2 is 2.14 bits per heavy atom. The molecule has 1 amide bonds. The number of hydrogen-bond acceptors (Lipinski definition) is 4. The molecule has 1 aromatic carbocycles. The summed E-state index contributed by atoms with van der Waals surface area (Å²) >= 11 is 3.21. The lowest BCUT2D eigenvalue weighted by molar-refractivity contribution is 0.0759. The average molecular weight is 316 g/mol. The zero-order valence-electron chi connectivity index (χ0n) is 11.7. The molecule has 0 unspecified atom stereocenters. The number of anilines is 1. The number of nitrogens with zero attached hydrogens (tertiary/aromatic N) is 1. The highest BCUT2D eigenvalue weighted by Gasteiger charge is 2.17. The summed E-state index contributed by atoms with van der Waals surface area (Å²) in [6, 6.07) is 11.8. The van der Waals surface area contributed by atoms with E-state index in [0.29, 0.717) is 13.1 Å². The number of rotatable bonds is 4. The monoisotopic (exact) mass is 316 g/mol. The number of benzene rings is 1. The van der Waals surface area contributed by atoms with E-state index in [1.54, 1.807) is 11.3 Å². The fourth-order valence-electron chi connectivity index (χ4n) is 2.24. The SMILES string of the molecule is CCN(Cc1cccs1)C(=O)c1cc2cc(N)ccc2s1. The van der Waals surface area contributed by atoms with Crippen molar-refractivity contribution in [2.75, 3.05) is 12.3 Å². The lowest BCUT2D eigenvalue weighted by Crippen LogP contribution is -2.29. The normalized spacial score (nSPS) is 10.9. The van der Waals surface area contributed by atoms with Gasteiger partial charge in [-0.15, -0.1) is 22.7 Å². The Bertz CT molecular complexity index is 762. The summed E-state index contributed by atoms with van der Waals surface area (Å²) in [5, 5.41) is 3.08. The van der Waals surface area contributed by atoms with Gasteiger partial charge in [-0.1, -0.05) is 6.07 Å². The van der Waals surface area contributed by atoms with Gasteiger partial charge >= 0.3 is 0 Å². The molecular formula is C16H16N2OS2. The zero-order chi connectivity index (χ0) is 14.8. The van der Waals surface area contributed by atoms with Gasteiger partial charge in [0.05, 0.1) is 11.4 Å². The zero-order valence-corrected chi connectivity index (χ0v) is 13.3. The minimum Gasteiger partial charge on any atom is -0.399 e. The Balaban J connectivity index is 1.87. The highest BCUT2D eigenvalue weighted by molar-refractivity contribution is 7.20. The van der Waals surface area contributed by atoms with E-state index in [9.17, 15) is 4.79 Å². The standard InChI is InChI=1S/C16H16N2OS2/c1-2-18(10-13-4-3-7-20-13)16(19)15-9-11-8-12(17)5-6-14(11)21-15/h3-9H,2,10,17H2,1H3. The molecule has 3 rings (SSSR count). The first-order chi connectivity index (χ1) is 10.2. The van der Waals surface area contributed by atoms with Gasteiger partial charge in [0.2, 0.25) is 0 Å². The van der Waals surface area contributed by atoms with Gasteiger partial charge in [0.1, 0.15) is 0 Å². The van der Waals surface area contributed by atoms with Crippen LogP contribution < -0.4 is 5.73 Å². The van der Waals surface area contributed by atoms with Gasteiger partial charge in [-0.05, 0) is 48.0 Å². The van der Waals surface area contributed by atoms with Crippen LogP contribution in [0.1, 0.15) is 21.5 Å². The minimum atomic E-state index is 0.0886. The fourth-order valence-corrected chi connectivity index (χ4v) is 3.97. The van der Waals surface area contributed by atoms with Crippen LogP contribution in [0.25, 0.3) is 10.1 Å². The minimum absolute atomic E-state index is 0.0886. The molecule has 2 heterocycles. The number of hydrogen-bond donors (Lipinski definition) is 1. The van der Waals surface area contributed by atoms with Crippen LogP contribution in [0, 0.1) is 0 Å². The van der Waals surface area contributed by atoms with Crippen LogP contribution in [0.5, 0.6) is 0 Å². The lowest BCUT2D eigenvalue weighted by atomic mass is 10.2. The Morgan fingerprint density at radius 1 is 1.29 bits per heavy atom. The molecule has 0 fully saturated rings. The molecule has 0 saturated heterocycles. The van der Waals surface area contributed by atoms with Crippen molar-refractivity contribution in [3.05, 3.63) is 51.5 Å². The van der Waals surface area contributed by atoms with Crippen LogP contribution in [-0.4, -0.2) is 17.4 Å². The number of carbonyl (C=O) groups excluding carboxylic acids is 1. The summed E-state index contributed by atoms with van der Waals surface area (Å²) in [6.07, 6.45) is 0. The van der Waals surface area contributed by atoms with Crippen molar-refractivity contribution in [2.24, 2.45) is 0 Å². The van der Waals surface area contributed by atoms with E-state index in [4.69, 9.17) is 5.73 Å². The van der Waals surface area contributed by atoms with Crippen LogP contribution in [0.3, 0.4) is 0 Å². The Morgan fingerprint density at radius 3 is 2.86 bits per heavy atom. The van der Waals surface area contributed by atoms with Crippen LogP contribution in [0.2, 0.25) is 0 Å². The molecule has 0 spiro atoms. The van der Waals surface area contributed by atoms with Gasteiger partial charge in [0.25, 0.3) is 5.91 Å². The van der Waals surface area contributed by atoms with Crippen molar-refractivity contribution in [3.8, 4) is 0 Å². The quantitative estimate of drug-likeness (QED) is 0.733. The van der Waals surface area contributed by atoms with E-state index in [1.165, 1.54) is 16.2 Å². The molecule has 2 aromatic heterocycles. The summed E-state index contributed by atoms with van der Waals surface area (Å²) in [4.78, 5) is 16.5. The highest BCUT2D eigenvalue weighted by atomic mass is 32.1. The first-order valence-corrected chi connectivity index (χ1v) is 8.47. The molecule has 0 saturated carbocycles. The van der Waals surface area contributed by atoms with E-state index in [2.05, 4.69) is 6.07 Å². The van der Waals surface area contributed by atoms with Crippen molar-refractivity contribution in [1.82, 2.24) is 4.90 Å². The fraction of sp³-hybridized carbons (Fsp3) is 0.188. The molecule has 3 nitrogen and oxygen atoms in total. The summed E-state index contributed by atoms with van der Waals surface area (Å²) in [7, 11) is 0. The predicted molar refractivity (Wildman–Crippen MR) is 91.0 cm³/mol. The smallest absolute Gasteiger partial charge is 0.264 e. The molecule has 5 heteroatoms. The largest absolute Gasteiger partial charge is 0.399 e. The maximum absolute atomic E-state index is 12.7. The molecule has 3 aromatic rings. The van der Waals surface area contributed by atoms with Crippen molar-refractivity contribution in [3.63, 3.8) is 0 Å². The average Bonchev–Trinajstić information content (AvgIpc) is 3.12. The van der Waals surface area contributed by atoms with Gasteiger partial charge in [-0.2, -0.15) is 0 Å². The van der Waals surface area contributed by atoms with Gasteiger partial charge in [-0.25, -0.2) is 0 Å². The Hall–Kier alpha value is -1.85. The summed E-state index contributed by atoms with van der Waals surface area (Å²) in [5.41, 5.74) is 6.52. The molecule has 108 valence electrons. The van der Waals surface area contributed by atoms with Crippen molar-refractivity contribution >= 4 is 44.4 Å². The van der Waals surface area contributed by atoms with Crippen LogP contribution in [0.15, 0.2) is 41.8 Å². The van der Waals surface area contributed by atoms with E-state index in [1.807, 2.05) is 47.5 Å². The van der Waals surface area contributed by atoms with Crippen LogP contribution in [-0.2, 0) is 6.54 Å². The molecule has 21 heavy (non-hydrogen) atoms. The first kappa shape index (κ1) is 14.1. The van der Waals surface area contributed by atoms with Gasteiger partial charge in [-0.3, -0.25) is 4.79 Å². The van der Waals surface area contributed by atoms with Crippen LogP contribution in [0.4, 0.5) is 5.69 Å². The van der Waals surface area contributed by atoms with E-state index < -0.39 is 0 Å². The first-order valence-electron chi connectivity index (χ1n) is 6.78. The number of nitrogens with two attached hydrogens (primary N) is 1. The number of nitrogen functional groups attached to an aromatic ring is 1. The van der Waals surface area contributed by atoms with Crippen molar-refractivity contribution in [2.45, 2.75) is 13.5 Å². The Labute approximate surface area is 131 Å². The van der Waals surface area contributed by atoms with E-state index in [0.717, 1.165) is 20.7 Å². The number of thiophene rings is 2. The second kappa shape index (κ2) is 5.87. The number of amides is 1. The number of fused-ring (bicyclic) bond motifs is 1. The lowest BCUT2D eigenvalue weighted by Gasteiger charge is -2.19. The highest BCUT2D eigenvalue weighted by Crippen LogP contribution is 2.28. The molecule has 0 atom stereocenters. The second-order valence-corrected chi connectivity index (χ2v) is 6.92. The van der Waals surface area contributed by atoms with Gasteiger partial charge in [0, 0.05) is 21.8 Å². The van der Waals surface area contributed by atoms with Gasteiger partial charge in [0.15, 0.2) is 0 Å². The topological polar surface area (TPSA) is 46.3 Å². The van der Waals surface area contributed by atoms with Gasteiger partial charge < -0.3 is 10.6 Å². The Kier molecular flexibility index (Phi) is 3.94. The van der Waals surface area contributed by atoms with Crippen LogP contribution >= 0.6 is 22.7 Å². The molecule has 0 aliphatic carbocycles. The molecule has 0 bridgehead atoms. The molecule has 0 aliphatic rings. The molecular weight excluding hydrogens is 300 g/mol. The third-order valence-corrected chi connectivity index (χ3v) is 5.31. The van der Waals surface area contributed by atoms with E-state index >= 15 is 0 Å². The summed E-state index contributed by atoms with van der Waals surface area (Å²) in [6.45, 7) is 3.38. The number of carbonyl (C=O) groups is 1. The third-order valence-electron chi connectivity index (χ3n) is 3.35. The predicted octanol–water partition coefficient (Wildman–Crippen LogP) is 4.21. The summed E-state index contributed by atoms with van der Waals surface area (Å²) in [5.74, 6) is 0.0886. The molecule has 2 N–H and O–H groups in total.